The van der Waals surface area contributed by atoms with E-state index in [2.05, 4.69) is 4.98 Å². The number of carbonyl (C=O) groups is 1. The van der Waals surface area contributed by atoms with Gasteiger partial charge in [0.1, 0.15) is 11.5 Å². The Morgan fingerprint density at radius 1 is 1.40 bits per heavy atom. The summed E-state index contributed by atoms with van der Waals surface area (Å²) in [5.41, 5.74) is 6.92. The molecule has 1 aromatic heterocycles. The quantitative estimate of drug-likeness (QED) is 0.876. The number of nitrogens with zero attached hydrogens (tertiary/aromatic N) is 1. The van der Waals surface area contributed by atoms with E-state index in [0.29, 0.717) is 32.8 Å². The van der Waals surface area contributed by atoms with Gasteiger partial charge in [-0.25, -0.2) is 4.98 Å². The number of hydrogen-bond donors (Lipinski definition) is 2. The molecule has 2 rings (SSSR count). The fourth-order valence-electron chi connectivity index (χ4n) is 1.83. The molecule has 0 fully saturated rings. The van der Waals surface area contributed by atoms with E-state index in [1.165, 1.54) is 18.4 Å². The Morgan fingerprint density at radius 2 is 2.15 bits per heavy atom. The number of nitrogens with two attached hydrogens (primary N) is 1. The van der Waals surface area contributed by atoms with Crippen LogP contribution in [0.15, 0.2) is 18.2 Å². The normalized spacial score (nSPS) is 10.3. The summed E-state index contributed by atoms with van der Waals surface area (Å²) in [6.07, 6.45) is -0.126. The summed E-state index contributed by atoms with van der Waals surface area (Å²) in [7, 11) is 3.09. The van der Waals surface area contributed by atoms with E-state index in [9.17, 15) is 4.79 Å². The fourth-order valence-corrected chi connectivity index (χ4v) is 2.67. The Balaban J connectivity index is 2.53. The molecule has 7 heteroatoms. The number of aromatic nitrogens is 1. The van der Waals surface area contributed by atoms with E-state index in [0.717, 1.165) is 0 Å². The first-order valence-electron chi connectivity index (χ1n) is 5.74. The van der Waals surface area contributed by atoms with Crippen LogP contribution in [0.1, 0.15) is 4.88 Å². The van der Waals surface area contributed by atoms with E-state index < -0.39 is 5.97 Å². The number of rotatable bonds is 5. The summed E-state index contributed by atoms with van der Waals surface area (Å²) in [5.74, 6) is 0.275. The first-order valence-corrected chi connectivity index (χ1v) is 6.56. The Bertz CT molecular complexity index is 639. The van der Waals surface area contributed by atoms with Gasteiger partial charge in [0.15, 0.2) is 5.13 Å². The molecule has 2 aromatic rings. The molecule has 1 aromatic carbocycles. The molecule has 0 saturated heterocycles. The maximum absolute atomic E-state index is 10.9. The monoisotopic (exact) mass is 294 g/mol. The number of hydrogen-bond acceptors (Lipinski definition) is 6. The maximum atomic E-state index is 10.9. The van der Waals surface area contributed by atoms with Gasteiger partial charge in [-0.3, -0.25) is 4.79 Å². The Labute approximate surface area is 119 Å². The van der Waals surface area contributed by atoms with Crippen molar-refractivity contribution in [1.82, 2.24) is 4.98 Å². The first kappa shape index (κ1) is 14.1. The van der Waals surface area contributed by atoms with E-state index in [1.54, 1.807) is 25.3 Å². The van der Waals surface area contributed by atoms with Crippen molar-refractivity contribution in [2.24, 2.45) is 0 Å². The highest BCUT2D eigenvalue weighted by atomic mass is 32.1. The highest BCUT2D eigenvalue weighted by Gasteiger charge is 2.18. The van der Waals surface area contributed by atoms with Gasteiger partial charge in [0.05, 0.1) is 26.3 Å². The van der Waals surface area contributed by atoms with Gasteiger partial charge in [0.2, 0.25) is 0 Å². The summed E-state index contributed by atoms with van der Waals surface area (Å²) >= 11 is 1.17. The average molecular weight is 294 g/mol. The zero-order valence-electron chi connectivity index (χ0n) is 11.0. The predicted octanol–water partition coefficient (Wildman–Crippen LogP) is 2.04. The molecule has 0 saturated carbocycles. The van der Waals surface area contributed by atoms with Gasteiger partial charge in [-0.1, -0.05) is 0 Å². The summed E-state index contributed by atoms with van der Waals surface area (Å²) in [5, 5.41) is 9.27. The fraction of sp³-hybridized carbons (Fsp3) is 0.231. The van der Waals surface area contributed by atoms with Gasteiger partial charge < -0.3 is 20.3 Å². The summed E-state index contributed by atoms with van der Waals surface area (Å²) in [4.78, 5) is 15.7. The van der Waals surface area contributed by atoms with Crippen LogP contribution >= 0.6 is 11.3 Å². The summed E-state index contributed by atoms with van der Waals surface area (Å²) in [6, 6.07) is 5.25. The SMILES string of the molecule is COc1ccc(-c2nc(N)sc2CC(=O)O)c(OC)c1. The topological polar surface area (TPSA) is 94.7 Å². The molecule has 0 bridgehead atoms. The summed E-state index contributed by atoms with van der Waals surface area (Å²) in [6.45, 7) is 0. The molecule has 3 N–H and O–H groups in total. The Hall–Kier alpha value is -2.28. The van der Waals surface area contributed by atoms with Crippen molar-refractivity contribution in [2.75, 3.05) is 20.0 Å². The van der Waals surface area contributed by atoms with Gasteiger partial charge in [-0.05, 0) is 12.1 Å². The number of aliphatic carboxylic acids is 1. The van der Waals surface area contributed by atoms with E-state index in [-0.39, 0.29) is 6.42 Å². The zero-order chi connectivity index (χ0) is 14.7. The van der Waals surface area contributed by atoms with Crippen molar-refractivity contribution < 1.29 is 19.4 Å². The third-order valence-electron chi connectivity index (χ3n) is 2.69. The number of carboxylic acid groups (broad SMARTS) is 1. The zero-order valence-corrected chi connectivity index (χ0v) is 11.9. The van der Waals surface area contributed by atoms with Crippen molar-refractivity contribution in [1.29, 1.82) is 0 Å². The Morgan fingerprint density at radius 3 is 2.75 bits per heavy atom. The van der Waals surface area contributed by atoms with Crippen molar-refractivity contribution in [3.8, 4) is 22.8 Å². The lowest BCUT2D eigenvalue weighted by atomic mass is 10.1. The second kappa shape index (κ2) is 5.79. The minimum atomic E-state index is -0.928. The molecule has 20 heavy (non-hydrogen) atoms. The number of methoxy groups -OCH3 is 2. The van der Waals surface area contributed by atoms with E-state index in [4.69, 9.17) is 20.3 Å². The van der Waals surface area contributed by atoms with Crippen LogP contribution in [0, 0.1) is 0 Å². The van der Waals surface area contributed by atoms with Crippen LogP contribution in [0.2, 0.25) is 0 Å². The third kappa shape index (κ3) is 2.83. The third-order valence-corrected chi connectivity index (χ3v) is 3.57. The molecule has 0 aliphatic heterocycles. The second-order valence-electron chi connectivity index (χ2n) is 3.96. The van der Waals surface area contributed by atoms with Crippen molar-refractivity contribution >= 4 is 22.4 Å². The number of nitrogen functional groups attached to an aromatic ring is 1. The molecule has 0 atom stereocenters. The molecular formula is C13H14N2O4S. The lowest BCUT2D eigenvalue weighted by Gasteiger charge is -2.09. The van der Waals surface area contributed by atoms with Crippen LogP contribution in [0.4, 0.5) is 5.13 Å². The first-order chi connectivity index (χ1) is 9.55. The van der Waals surface area contributed by atoms with Crippen LogP contribution in [-0.2, 0) is 11.2 Å². The van der Waals surface area contributed by atoms with Crippen molar-refractivity contribution in [3.05, 3.63) is 23.1 Å². The van der Waals surface area contributed by atoms with E-state index >= 15 is 0 Å². The molecule has 106 valence electrons. The molecular weight excluding hydrogens is 280 g/mol. The minimum absolute atomic E-state index is 0.126. The maximum Gasteiger partial charge on any atom is 0.308 e. The van der Waals surface area contributed by atoms with Gasteiger partial charge in [0.25, 0.3) is 0 Å². The highest BCUT2D eigenvalue weighted by Crippen LogP contribution is 2.37. The Kier molecular flexibility index (Phi) is 4.09. The highest BCUT2D eigenvalue weighted by molar-refractivity contribution is 7.15. The number of thiazole rings is 1. The second-order valence-corrected chi connectivity index (χ2v) is 5.08. The van der Waals surface area contributed by atoms with Gasteiger partial charge in [0, 0.05) is 16.5 Å². The molecule has 0 amide bonds. The standard InChI is InChI=1S/C13H14N2O4S/c1-18-7-3-4-8(9(5-7)19-2)12-10(6-11(16)17)20-13(14)15-12/h3-5H,6H2,1-2H3,(H2,14,15)(H,16,17). The largest absolute Gasteiger partial charge is 0.497 e. The smallest absolute Gasteiger partial charge is 0.308 e. The average Bonchev–Trinajstić information content (AvgIpc) is 2.77. The number of carboxylic acids is 1. The lowest BCUT2D eigenvalue weighted by Crippen LogP contribution is -2.00. The molecule has 1 heterocycles. The van der Waals surface area contributed by atoms with E-state index in [1.807, 2.05) is 0 Å². The minimum Gasteiger partial charge on any atom is -0.497 e. The number of anilines is 1. The van der Waals surface area contributed by atoms with Crippen molar-refractivity contribution in [3.63, 3.8) is 0 Å². The van der Waals surface area contributed by atoms with Gasteiger partial charge in [-0.15, -0.1) is 11.3 Å². The van der Waals surface area contributed by atoms with Crippen LogP contribution in [0.3, 0.4) is 0 Å². The van der Waals surface area contributed by atoms with Crippen LogP contribution in [-0.4, -0.2) is 30.3 Å². The van der Waals surface area contributed by atoms with Crippen LogP contribution in [0.5, 0.6) is 11.5 Å². The molecule has 0 aliphatic carbocycles. The lowest BCUT2D eigenvalue weighted by molar-refractivity contribution is -0.136. The molecule has 6 nitrogen and oxygen atoms in total. The summed E-state index contributed by atoms with van der Waals surface area (Å²) < 4.78 is 10.4. The molecule has 0 aliphatic rings. The van der Waals surface area contributed by atoms with Gasteiger partial charge >= 0.3 is 5.97 Å². The molecule has 0 radical (unpaired) electrons. The molecule has 0 unspecified atom stereocenters. The molecule has 0 spiro atoms. The number of benzene rings is 1. The van der Waals surface area contributed by atoms with Crippen molar-refractivity contribution in [2.45, 2.75) is 6.42 Å². The predicted molar refractivity (Wildman–Crippen MR) is 76.4 cm³/mol. The van der Waals surface area contributed by atoms with Gasteiger partial charge in [-0.2, -0.15) is 0 Å². The van der Waals surface area contributed by atoms with Crippen LogP contribution in [0.25, 0.3) is 11.3 Å². The van der Waals surface area contributed by atoms with Crippen LogP contribution < -0.4 is 15.2 Å². The number of ether oxygens (including phenoxy) is 2.